The zero-order chi connectivity index (χ0) is 7.15. The second kappa shape index (κ2) is 12.6. The van der Waals surface area contributed by atoms with Crippen LogP contribution in [0.3, 0.4) is 0 Å². The maximum Gasteiger partial charge on any atom is 2.00 e. The molecule has 2 unspecified atom stereocenters. The molecule has 0 aromatic heterocycles. The van der Waals surface area contributed by atoms with E-state index in [4.69, 9.17) is 8.19 Å². The van der Waals surface area contributed by atoms with Crippen molar-refractivity contribution in [1.82, 2.24) is 0 Å². The van der Waals surface area contributed by atoms with Gasteiger partial charge in [-0.25, -0.2) is 0 Å². The molecule has 0 aromatic carbocycles. The van der Waals surface area contributed by atoms with Gasteiger partial charge in [-0.2, -0.15) is 0 Å². The Morgan fingerprint density at radius 3 is 1.11 bits per heavy atom. The van der Waals surface area contributed by atoms with E-state index in [2.05, 4.69) is 0 Å². The van der Waals surface area contributed by atoms with Crippen molar-refractivity contribution in [3.8, 4) is 0 Å². The zero-order valence-corrected chi connectivity index (χ0v) is 11.8. The second-order valence-corrected chi connectivity index (χ2v) is 5.39. The maximum atomic E-state index is 9.25. The van der Waals surface area contributed by atoms with Gasteiger partial charge in [0.2, 0.25) is 0 Å². The second-order valence-electron chi connectivity index (χ2n) is 1.04. The summed E-state index contributed by atoms with van der Waals surface area (Å²) in [6, 6.07) is 0. The monoisotopic (exact) mass is 290 g/mol. The van der Waals surface area contributed by atoms with Crippen molar-refractivity contribution in [2.45, 2.75) is 11.4 Å². The molecule has 0 aliphatic heterocycles. The minimum Gasteiger partial charge on any atom is -1.00 e. The van der Waals surface area contributed by atoms with Crippen LogP contribution in [-0.4, -0.2) is 75.8 Å². The molecule has 2 atom stereocenters. The summed E-state index contributed by atoms with van der Waals surface area (Å²) >= 11 is -5.17. The summed E-state index contributed by atoms with van der Waals surface area (Å²) in [5, 5.41) is 0. The molecule has 0 aromatic rings. The molecule has 0 saturated carbocycles. The van der Waals surface area contributed by atoms with Gasteiger partial charge in [0.1, 0.15) is 0 Å². The smallest absolute Gasteiger partial charge is 1.00 e. The molecular formula is C2H12As2CaO4. The molecule has 56 valence electrons. The number of hydrogen-bond donors (Lipinski definition) is 2. The SMILES string of the molecule is C[AsH](=O)O.C[AsH](=O)O.[Ca+2].[H-].[H-]. The molecule has 0 aliphatic rings. The van der Waals surface area contributed by atoms with E-state index < -0.39 is 29.9 Å². The molecule has 0 spiro atoms. The summed E-state index contributed by atoms with van der Waals surface area (Å²) in [6.07, 6.45) is 0. The molecule has 0 amide bonds. The maximum absolute atomic E-state index is 9.25. The first kappa shape index (κ1) is 17.1. The van der Waals surface area contributed by atoms with Gasteiger partial charge in [-0.05, 0) is 0 Å². The Morgan fingerprint density at radius 1 is 1.11 bits per heavy atom. The summed E-state index contributed by atoms with van der Waals surface area (Å²) in [5.74, 6) is 0. The molecule has 9 heavy (non-hydrogen) atoms. The average Bonchev–Trinajstić information content (AvgIpc) is 1.25. The topological polar surface area (TPSA) is 74.6 Å². The van der Waals surface area contributed by atoms with E-state index in [1.807, 2.05) is 0 Å². The Labute approximate surface area is 96.3 Å². The fraction of sp³-hybridized carbons (Fsp3) is 1.00. The van der Waals surface area contributed by atoms with Crippen molar-refractivity contribution >= 4 is 67.6 Å². The van der Waals surface area contributed by atoms with E-state index in [1.165, 1.54) is 11.4 Å². The van der Waals surface area contributed by atoms with Crippen LogP contribution in [0.15, 0.2) is 0 Å². The summed E-state index contributed by atoms with van der Waals surface area (Å²) in [4.78, 5) is 0. The number of rotatable bonds is 0. The van der Waals surface area contributed by atoms with Gasteiger partial charge in [0.25, 0.3) is 0 Å². The zero-order valence-electron chi connectivity index (χ0n) is 7.42. The third-order valence-electron chi connectivity index (χ3n) is 0. The first-order chi connectivity index (χ1) is 3.46. The summed E-state index contributed by atoms with van der Waals surface area (Å²) in [6.45, 7) is 0. The standard InChI is InChI=1S/2CH5AsO2.Ca.2H/c2*1-2(3)4;;;/h2*2H,1H3,(H,3,4);;;/q;;+2;2*-1. The summed E-state index contributed by atoms with van der Waals surface area (Å²) < 4.78 is 33.8. The Morgan fingerprint density at radius 2 is 1.11 bits per heavy atom. The van der Waals surface area contributed by atoms with Crippen LogP contribution in [0, 0.1) is 0 Å². The fourth-order valence-corrected chi connectivity index (χ4v) is 0. The van der Waals surface area contributed by atoms with E-state index in [-0.39, 0.29) is 40.6 Å². The van der Waals surface area contributed by atoms with Gasteiger partial charge in [0.15, 0.2) is 0 Å². The van der Waals surface area contributed by atoms with Crippen LogP contribution in [0.4, 0.5) is 0 Å². The van der Waals surface area contributed by atoms with Gasteiger partial charge < -0.3 is 2.85 Å². The van der Waals surface area contributed by atoms with Gasteiger partial charge >= 0.3 is 94.7 Å². The van der Waals surface area contributed by atoms with Crippen molar-refractivity contribution in [1.29, 1.82) is 0 Å². The largest absolute Gasteiger partial charge is 2.00 e. The molecule has 2 N–H and O–H groups in total. The van der Waals surface area contributed by atoms with Gasteiger partial charge in [0.05, 0.1) is 0 Å². The van der Waals surface area contributed by atoms with Crippen LogP contribution < -0.4 is 0 Å². The van der Waals surface area contributed by atoms with Gasteiger partial charge in [-0.1, -0.05) is 0 Å². The first-order valence-electron chi connectivity index (χ1n) is 1.86. The van der Waals surface area contributed by atoms with Crippen LogP contribution in [-0.2, 0) is 7.48 Å². The molecule has 0 saturated heterocycles. The summed E-state index contributed by atoms with van der Waals surface area (Å²) in [5.41, 5.74) is 2.67. The van der Waals surface area contributed by atoms with Gasteiger partial charge in [0, 0.05) is 0 Å². The van der Waals surface area contributed by atoms with Crippen molar-refractivity contribution in [3.63, 3.8) is 0 Å². The van der Waals surface area contributed by atoms with Crippen molar-refractivity contribution in [3.05, 3.63) is 0 Å². The summed E-state index contributed by atoms with van der Waals surface area (Å²) in [7, 11) is 0. The molecular weight excluding hydrogens is 278 g/mol. The first-order valence-corrected chi connectivity index (χ1v) is 9.64. The van der Waals surface area contributed by atoms with Crippen molar-refractivity contribution in [2.24, 2.45) is 0 Å². The molecule has 0 rings (SSSR count). The van der Waals surface area contributed by atoms with Crippen LogP contribution in [0.25, 0.3) is 0 Å². The molecule has 0 heterocycles. The Balaban J connectivity index is -0.0000000171. The van der Waals surface area contributed by atoms with Gasteiger partial charge in [-0.3, -0.25) is 0 Å². The fourth-order valence-electron chi connectivity index (χ4n) is 0. The van der Waals surface area contributed by atoms with Crippen LogP contribution in [0.5, 0.6) is 0 Å². The van der Waals surface area contributed by atoms with E-state index in [9.17, 15) is 7.48 Å². The quantitative estimate of drug-likeness (QED) is 0.525. The Bertz CT molecular complexity index is 82.1. The molecule has 0 aliphatic carbocycles. The van der Waals surface area contributed by atoms with Crippen LogP contribution in [0.1, 0.15) is 2.85 Å². The third-order valence-corrected chi connectivity index (χ3v) is 0. The normalized spacial score (nSPS) is 13.8. The predicted octanol–water partition coefficient (Wildman–Crippen LogP) is -1.64. The molecule has 0 bridgehead atoms. The average molecular weight is 290 g/mol. The van der Waals surface area contributed by atoms with Crippen LogP contribution >= 0.6 is 0 Å². The minimum absolute atomic E-state index is 0. The van der Waals surface area contributed by atoms with Crippen LogP contribution in [0.2, 0.25) is 11.4 Å². The molecule has 7 heteroatoms. The van der Waals surface area contributed by atoms with E-state index >= 15 is 0 Å². The Hall–Kier alpha value is 1.90. The van der Waals surface area contributed by atoms with Gasteiger partial charge in [-0.15, -0.1) is 0 Å². The van der Waals surface area contributed by atoms with E-state index in [0.29, 0.717) is 0 Å². The molecule has 0 fully saturated rings. The number of hydrogen-bond acceptors (Lipinski definition) is 2. The molecule has 0 radical (unpaired) electrons. The van der Waals surface area contributed by atoms with E-state index in [0.717, 1.165) is 0 Å². The third kappa shape index (κ3) is 172. The molecule has 4 nitrogen and oxygen atoms in total. The van der Waals surface area contributed by atoms with E-state index in [1.54, 1.807) is 0 Å². The minimum atomic E-state index is -2.58. The van der Waals surface area contributed by atoms with Crippen molar-refractivity contribution < 1.29 is 18.5 Å². The predicted molar refractivity (Wildman–Crippen MR) is 39.8 cm³/mol. The Kier molecular flexibility index (Phi) is 23.9. The van der Waals surface area contributed by atoms with Crippen molar-refractivity contribution in [2.75, 3.05) is 0 Å².